The highest BCUT2D eigenvalue weighted by Crippen LogP contribution is 2.37. The van der Waals surface area contributed by atoms with Crippen LogP contribution in [0.4, 0.5) is 0 Å². The molecule has 2 fully saturated rings. The summed E-state index contributed by atoms with van der Waals surface area (Å²) in [5.41, 5.74) is 6.97. The minimum atomic E-state index is -0.491. The van der Waals surface area contributed by atoms with E-state index >= 15 is 0 Å². The number of benzene rings is 1. The van der Waals surface area contributed by atoms with Crippen LogP contribution in [0.5, 0.6) is 0 Å². The number of carbonyl (C=O) groups is 1. The summed E-state index contributed by atoms with van der Waals surface area (Å²) in [6.07, 6.45) is 6.45. The predicted molar refractivity (Wildman–Crippen MR) is 92.5 cm³/mol. The van der Waals surface area contributed by atoms with E-state index in [1.54, 1.807) is 0 Å². The summed E-state index contributed by atoms with van der Waals surface area (Å²) in [5, 5.41) is 4.19. The van der Waals surface area contributed by atoms with Gasteiger partial charge in [-0.3, -0.25) is 4.79 Å². The molecule has 2 aromatic rings. The van der Waals surface area contributed by atoms with Crippen LogP contribution in [0, 0.1) is 0 Å². The molecule has 132 valence electrons. The molecule has 1 unspecified atom stereocenters. The van der Waals surface area contributed by atoms with Gasteiger partial charge in [-0.05, 0) is 31.2 Å². The number of rotatable bonds is 4. The largest absolute Gasteiger partial charge is 0.337 e. The predicted octanol–water partition coefficient (Wildman–Crippen LogP) is 2.90. The maximum Gasteiger partial charge on any atom is 0.254 e. The number of amides is 1. The van der Waals surface area contributed by atoms with E-state index in [0.29, 0.717) is 24.7 Å². The Balaban J connectivity index is 1.71. The molecule has 2 heterocycles. The number of piperidine rings is 1. The molecule has 1 aromatic carbocycles. The number of nitrogens with two attached hydrogens (primary N) is 1. The third kappa shape index (κ3) is 3.06. The fraction of sp³-hybridized carbons (Fsp3) is 0.526. The van der Waals surface area contributed by atoms with E-state index in [2.05, 4.69) is 10.1 Å². The molecule has 2 aliphatic rings. The average molecular weight is 340 g/mol. The molecular formula is C19H24N4O2. The van der Waals surface area contributed by atoms with Gasteiger partial charge in [-0.15, -0.1) is 0 Å². The molecule has 1 amide bonds. The summed E-state index contributed by atoms with van der Waals surface area (Å²) < 4.78 is 5.63. The highest BCUT2D eigenvalue weighted by molar-refractivity contribution is 5.77. The molecule has 1 aromatic heterocycles. The summed E-state index contributed by atoms with van der Waals surface area (Å²) in [4.78, 5) is 19.0. The quantitative estimate of drug-likeness (QED) is 0.925. The standard InChI is InChI=1S/C19H24N4O2/c20-19(11-5-6-12-19)18-21-17(25-22-18)16(14-8-2-1-3-9-14)23-13-7-4-10-15(23)24/h1-3,8-9,16H,4-7,10-13,20H2. The summed E-state index contributed by atoms with van der Waals surface area (Å²) in [6.45, 7) is 0.712. The molecule has 6 heteroatoms. The van der Waals surface area contributed by atoms with Crippen molar-refractivity contribution in [3.05, 3.63) is 47.6 Å². The van der Waals surface area contributed by atoms with Gasteiger partial charge in [0, 0.05) is 13.0 Å². The summed E-state index contributed by atoms with van der Waals surface area (Å²) in [7, 11) is 0. The van der Waals surface area contributed by atoms with Crippen LogP contribution in [0.15, 0.2) is 34.9 Å². The van der Waals surface area contributed by atoms with Crippen molar-refractivity contribution in [3.8, 4) is 0 Å². The second-order valence-corrected chi connectivity index (χ2v) is 7.18. The van der Waals surface area contributed by atoms with Crippen molar-refractivity contribution >= 4 is 5.91 Å². The lowest BCUT2D eigenvalue weighted by atomic mass is 9.98. The fourth-order valence-corrected chi connectivity index (χ4v) is 3.97. The number of likely N-dealkylation sites (tertiary alicyclic amines) is 1. The van der Waals surface area contributed by atoms with Crippen molar-refractivity contribution in [3.63, 3.8) is 0 Å². The average Bonchev–Trinajstić information content (AvgIpc) is 3.28. The summed E-state index contributed by atoms with van der Waals surface area (Å²) in [5.74, 6) is 1.18. The first-order chi connectivity index (χ1) is 12.2. The van der Waals surface area contributed by atoms with Crippen LogP contribution in [0.25, 0.3) is 0 Å². The van der Waals surface area contributed by atoms with Gasteiger partial charge in [0.1, 0.15) is 6.04 Å². The molecule has 1 saturated carbocycles. The van der Waals surface area contributed by atoms with E-state index in [1.807, 2.05) is 35.2 Å². The van der Waals surface area contributed by atoms with Crippen molar-refractivity contribution in [2.24, 2.45) is 5.73 Å². The van der Waals surface area contributed by atoms with Crippen LogP contribution in [0.2, 0.25) is 0 Å². The van der Waals surface area contributed by atoms with E-state index in [0.717, 1.165) is 44.1 Å². The van der Waals surface area contributed by atoms with Crippen molar-refractivity contribution in [2.75, 3.05) is 6.54 Å². The van der Waals surface area contributed by atoms with E-state index in [9.17, 15) is 4.79 Å². The lowest BCUT2D eigenvalue weighted by molar-refractivity contribution is -0.135. The van der Waals surface area contributed by atoms with Crippen molar-refractivity contribution in [2.45, 2.75) is 56.5 Å². The van der Waals surface area contributed by atoms with E-state index in [1.165, 1.54) is 0 Å². The Hall–Kier alpha value is -2.21. The van der Waals surface area contributed by atoms with Gasteiger partial charge in [-0.25, -0.2) is 0 Å². The topological polar surface area (TPSA) is 85.2 Å². The number of aromatic nitrogens is 2. The minimum absolute atomic E-state index is 0.142. The molecule has 1 aliphatic heterocycles. The van der Waals surface area contributed by atoms with Crippen LogP contribution in [-0.4, -0.2) is 27.5 Å². The molecule has 0 bridgehead atoms. The Bertz CT molecular complexity index is 737. The lowest BCUT2D eigenvalue weighted by Gasteiger charge is -2.32. The molecular weight excluding hydrogens is 316 g/mol. The van der Waals surface area contributed by atoms with Crippen LogP contribution in [-0.2, 0) is 10.3 Å². The smallest absolute Gasteiger partial charge is 0.254 e. The first-order valence-corrected chi connectivity index (χ1v) is 9.15. The van der Waals surface area contributed by atoms with E-state index in [4.69, 9.17) is 10.3 Å². The van der Waals surface area contributed by atoms with Gasteiger partial charge in [0.05, 0.1) is 5.54 Å². The Morgan fingerprint density at radius 3 is 2.60 bits per heavy atom. The second kappa shape index (κ2) is 6.59. The summed E-state index contributed by atoms with van der Waals surface area (Å²) >= 11 is 0. The van der Waals surface area contributed by atoms with Gasteiger partial charge in [0.25, 0.3) is 5.89 Å². The first-order valence-electron chi connectivity index (χ1n) is 9.15. The van der Waals surface area contributed by atoms with Gasteiger partial charge in [-0.1, -0.05) is 48.3 Å². The Morgan fingerprint density at radius 2 is 1.88 bits per heavy atom. The van der Waals surface area contributed by atoms with Crippen LogP contribution >= 0.6 is 0 Å². The monoisotopic (exact) mass is 340 g/mol. The molecule has 1 atom stereocenters. The number of hydrogen-bond donors (Lipinski definition) is 1. The third-order valence-corrected chi connectivity index (χ3v) is 5.40. The van der Waals surface area contributed by atoms with E-state index in [-0.39, 0.29) is 11.9 Å². The second-order valence-electron chi connectivity index (χ2n) is 7.18. The van der Waals surface area contributed by atoms with E-state index < -0.39 is 5.54 Å². The number of carbonyl (C=O) groups excluding carboxylic acids is 1. The fourth-order valence-electron chi connectivity index (χ4n) is 3.97. The van der Waals surface area contributed by atoms with Gasteiger partial charge < -0.3 is 15.2 Å². The van der Waals surface area contributed by atoms with Gasteiger partial charge in [0.15, 0.2) is 5.82 Å². The zero-order valence-electron chi connectivity index (χ0n) is 14.4. The maximum absolute atomic E-state index is 12.5. The number of nitrogens with zero attached hydrogens (tertiary/aromatic N) is 3. The first kappa shape index (κ1) is 16.3. The normalized spacial score (nSPS) is 21.5. The third-order valence-electron chi connectivity index (χ3n) is 5.40. The van der Waals surface area contributed by atoms with Crippen molar-refractivity contribution < 1.29 is 9.32 Å². The molecule has 0 spiro atoms. The molecule has 25 heavy (non-hydrogen) atoms. The number of hydrogen-bond acceptors (Lipinski definition) is 5. The molecule has 4 rings (SSSR count). The summed E-state index contributed by atoms with van der Waals surface area (Å²) in [6, 6.07) is 9.57. The highest BCUT2D eigenvalue weighted by Gasteiger charge is 2.38. The lowest BCUT2D eigenvalue weighted by Crippen LogP contribution is -2.39. The zero-order valence-corrected chi connectivity index (χ0v) is 14.4. The van der Waals surface area contributed by atoms with Crippen LogP contribution in [0.1, 0.15) is 68.3 Å². The molecule has 0 radical (unpaired) electrons. The molecule has 6 nitrogen and oxygen atoms in total. The zero-order chi connectivity index (χ0) is 17.3. The van der Waals surface area contributed by atoms with Gasteiger partial charge in [0.2, 0.25) is 5.91 Å². The molecule has 2 N–H and O–H groups in total. The Labute approximate surface area is 147 Å². The Kier molecular flexibility index (Phi) is 4.29. The van der Waals surface area contributed by atoms with Crippen molar-refractivity contribution in [1.29, 1.82) is 0 Å². The van der Waals surface area contributed by atoms with Crippen LogP contribution in [0.3, 0.4) is 0 Å². The maximum atomic E-state index is 12.5. The SMILES string of the molecule is NC1(c2noc(C(c3ccccc3)N3CCCCC3=O)n2)CCCC1. The van der Waals surface area contributed by atoms with Gasteiger partial charge >= 0.3 is 0 Å². The van der Waals surface area contributed by atoms with Crippen LogP contribution < -0.4 is 5.73 Å². The minimum Gasteiger partial charge on any atom is -0.337 e. The molecule has 1 saturated heterocycles. The molecule has 1 aliphatic carbocycles. The Morgan fingerprint density at radius 1 is 1.12 bits per heavy atom. The highest BCUT2D eigenvalue weighted by atomic mass is 16.5. The van der Waals surface area contributed by atoms with Gasteiger partial charge in [-0.2, -0.15) is 4.98 Å². The van der Waals surface area contributed by atoms with Crippen molar-refractivity contribution in [1.82, 2.24) is 15.0 Å².